The zero-order valence-corrected chi connectivity index (χ0v) is 9.81. The van der Waals surface area contributed by atoms with Crippen LogP contribution in [0.4, 0.5) is 0 Å². The van der Waals surface area contributed by atoms with Crippen LogP contribution in [0.3, 0.4) is 0 Å². The molecule has 0 heterocycles. The van der Waals surface area contributed by atoms with Crippen molar-refractivity contribution in [3.63, 3.8) is 0 Å². The van der Waals surface area contributed by atoms with E-state index in [4.69, 9.17) is 5.26 Å². The maximum atomic E-state index is 9.13. The van der Waals surface area contributed by atoms with E-state index in [1.165, 1.54) is 16.9 Å². The Kier molecular flexibility index (Phi) is 3.02. The van der Waals surface area contributed by atoms with Gasteiger partial charge in [0.15, 0.2) is 0 Å². The number of benzene rings is 1. The van der Waals surface area contributed by atoms with Gasteiger partial charge in [-0.05, 0) is 43.4 Å². The molecular formula is C13H15NS. The van der Waals surface area contributed by atoms with Crippen LogP contribution in [0.1, 0.15) is 31.7 Å². The summed E-state index contributed by atoms with van der Waals surface area (Å²) in [6, 6.07) is 11.1. The summed E-state index contributed by atoms with van der Waals surface area (Å²) in [5, 5.41) is 9.13. The van der Waals surface area contributed by atoms with Crippen LogP contribution >= 0.6 is 11.8 Å². The summed E-state index contributed by atoms with van der Waals surface area (Å²) in [4.78, 5) is 1.23. The summed E-state index contributed by atoms with van der Waals surface area (Å²) in [6.45, 7) is 2.16. The molecule has 2 heteroatoms. The molecule has 0 N–H and O–H groups in total. The molecule has 0 radical (unpaired) electrons. The molecule has 1 aromatic rings. The van der Waals surface area contributed by atoms with E-state index in [2.05, 4.69) is 37.3 Å². The average molecular weight is 217 g/mol. The van der Waals surface area contributed by atoms with Crippen molar-refractivity contribution in [3.05, 3.63) is 29.8 Å². The molecule has 1 aliphatic carbocycles. The zero-order chi connectivity index (χ0) is 10.7. The molecule has 0 aromatic heterocycles. The first-order valence-electron chi connectivity index (χ1n) is 5.47. The molecule has 0 unspecified atom stereocenters. The molecular weight excluding hydrogens is 202 g/mol. The Morgan fingerprint density at radius 1 is 1.33 bits per heavy atom. The van der Waals surface area contributed by atoms with Crippen molar-refractivity contribution in [3.8, 4) is 6.07 Å². The minimum absolute atomic E-state index is 0.117. The number of nitriles is 1. The fourth-order valence-electron chi connectivity index (χ4n) is 1.75. The van der Waals surface area contributed by atoms with E-state index in [9.17, 15) is 0 Å². The smallest absolute Gasteiger partial charge is 0.107 e. The standard InChI is InChI=1S/C13H15NS/c1-2-11-4-6-12(7-5-11)15-13(10-14)8-3-9-13/h4-7H,2-3,8-9H2,1H3. The second-order valence-electron chi connectivity index (χ2n) is 4.06. The molecule has 0 amide bonds. The summed E-state index contributed by atoms with van der Waals surface area (Å²) < 4.78 is -0.117. The fourth-order valence-corrected chi connectivity index (χ4v) is 3.02. The first-order chi connectivity index (χ1) is 7.28. The molecule has 2 rings (SSSR count). The first-order valence-corrected chi connectivity index (χ1v) is 6.29. The van der Waals surface area contributed by atoms with Crippen LogP contribution < -0.4 is 0 Å². The Hall–Kier alpha value is -0.940. The number of nitrogens with zero attached hydrogens (tertiary/aromatic N) is 1. The van der Waals surface area contributed by atoms with Crippen molar-refractivity contribution in [2.24, 2.45) is 0 Å². The van der Waals surface area contributed by atoms with Crippen LogP contribution in [-0.4, -0.2) is 4.75 Å². The summed E-state index contributed by atoms with van der Waals surface area (Å²) in [5.74, 6) is 0. The molecule has 1 aromatic carbocycles. The predicted octanol–water partition coefficient (Wildman–Crippen LogP) is 3.79. The zero-order valence-electron chi connectivity index (χ0n) is 8.99. The third kappa shape index (κ3) is 2.18. The van der Waals surface area contributed by atoms with Gasteiger partial charge in [-0.15, -0.1) is 11.8 Å². The third-order valence-corrected chi connectivity index (χ3v) is 4.41. The van der Waals surface area contributed by atoms with E-state index in [1.807, 2.05) is 0 Å². The molecule has 0 spiro atoms. The fraction of sp³-hybridized carbons (Fsp3) is 0.462. The first kappa shape index (κ1) is 10.6. The van der Waals surface area contributed by atoms with Gasteiger partial charge in [-0.25, -0.2) is 0 Å². The second-order valence-corrected chi connectivity index (χ2v) is 5.52. The summed E-state index contributed by atoms with van der Waals surface area (Å²) >= 11 is 1.74. The van der Waals surface area contributed by atoms with E-state index < -0.39 is 0 Å². The molecule has 0 bridgehead atoms. The quantitative estimate of drug-likeness (QED) is 0.769. The lowest BCUT2D eigenvalue weighted by atomic mass is 9.86. The Morgan fingerprint density at radius 2 is 2.00 bits per heavy atom. The molecule has 1 aliphatic rings. The molecule has 78 valence electrons. The molecule has 0 atom stereocenters. The van der Waals surface area contributed by atoms with Crippen molar-refractivity contribution < 1.29 is 0 Å². The Labute approximate surface area is 95.5 Å². The third-order valence-electron chi connectivity index (χ3n) is 3.01. The number of thioether (sulfide) groups is 1. The predicted molar refractivity (Wildman–Crippen MR) is 63.9 cm³/mol. The average Bonchev–Trinajstić information content (AvgIpc) is 2.24. The minimum Gasteiger partial charge on any atom is -0.197 e. The van der Waals surface area contributed by atoms with Gasteiger partial charge < -0.3 is 0 Å². The van der Waals surface area contributed by atoms with Crippen LogP contribution in [0.2, 0.25) is 0 Å². The van der Waals surface area contributed by atoms with E-state index in [0.29, 0.717) is 0 Å². The van der Waals surface area contributed by atoms with Crippen molar-refractivity contribution >= 4 is 11.8 Å². The van der Waals surface area contributed by atoms with Gasteiger partial charge in [0.2, 0.25) is 0 Å². The van der Waals surface area contributed by atoms with Gasteiger partial charge >= 0.3 is 0 Å². The van der Waals surface area contributed by atoms with E-state index in [1.54, 1.807) is 11.8 Å². The summed E-state index contributed by atoms with van der Waals surface area (Å²) in [5.41, 5.74) is 1.36. The highest BCUT2D eigenvalue weighted by Gasteiger charge is 2.38. The topological polar surface area (TPSA) is 23.8 Å². The van der Waals surface area contributed by atoms with Gasteiger partial charge in [-0.3, -0.25) is 0 Å². The van der Waals surface area contributed by atoms with Gasteiger partial charge in [0.1, 0.15) is 4.75 Å². The van der Waals surface area contributed by atoms with Gasteiger partial charge in [0.05, 0.1) is 6.07 Å². The van der Waals surface area contributed by atoms with Crippen molar-refractivity contribution in [2.75, 3.05) is 0 Å². The van der Waals surface area contributed by atoms with Crippen LogP contribution in [-0.2, 0) is 6.42 Å². The van der Waals surface area contributed by atoms with Crippen molar-refractivity contribution in [1.82, 2.24) is 0 Å². The highest BCUT2D eigenvalue weighted by molar-refractivity contribution is 8.01. The highest BCUT2D eigenvalue weighted by Crippen LogP contribution is 2.46. The maximum absolute atomic E-state index is 9.13. The lowest BCUT2D eigenvalue weighted by molar-refractivity contribution is 0.440. The molecule has 1 saturated carbocycles. The molecule has 0 saturated heterocycles. The largest absolute Gasteiger partial charge is 0.197 e. The van der Waals surface area contributed by atoms with Crippen molar-refractivity contribution in [1.29, 1.82) is 5.26 Å². The summed E-state index contributed by atoms with van der Waals surface area (Å²) in [7, 11) is 0. The normalized spacial score (nSPS) is 17.9. The Morgan fingerprint density at radius 3 is 2.40 bits per heavy atom. The van der Waals surface area contributed by atoms with Gasteiger partial charge in [0.25, 0.3) is 0 Å². The highest BCUT2D eigenvalue weighted by atomic mass is 32.2. The Bertz CT molecular complexity index is 371. The summed E-state index contributed by atoms with van der Waals surface area (Å²) in [6.07, 6.45) is 4.37. The van der Waals surface area contributed by atoms with Gasteiger partial charge in [-0.2, -0.15) is 5.26 Å². The number of rotatable bonds is 3. The maximum Gasteiger partial charge on any atom is 0.107 e. The Balaban J connectivity index is 2.08. The van der Waals surface area contributed by atoms with Crippen LogP contribution in [0.5, 0.6) is 0 Å². The minimum atomic E-state index is -0.117. The van der Waals surface area contributed by atoms with Crippen LogP contribution in [0, 0.1) is 11.3 Å². The van der Waals surface area contributed by atoms with Crippen molar-refractivity contribution in [2.45, 2.75) is 42.2 Å². The number of hydrogen-bond acceptors (Lipinski definition) is 2. The van der Waals surface area contributed by atoms with E-state index in [-0.39, 0.29) is 4.75 Å². The second kappa shape index (κ2) is 4.28. The van der Waals surface area contributed by atoms with Crippen LogP contribution in [0.25, 0.3) is 0 Å². The number of aryl methyl sites for hydroxylation is 1. The number of hydrogen-bond donors (Lipinski definition) is 0. The molecule has 1 fully saturated rings. The lowest BCUT2D eigenvalue weighted by Crippen LogP contribution is -2.30. The lowest BCUT2D eigenvalue weighted by Gasteiger charge is -2.34. The van der Waals surface area contributed by atoms with E-state index >= 15 is 0 Å². The van der Waals surface area contributed by atoms with Crippen LogP contribution in [0.15, 0.2) is 29.2 Å². The van der Waals surface area contributed by atoms with Gasteiger partial charge in [0, 0.05) is 4.90 Å². The molecule has 15 heavy (non-hydrogen) atoms. The van der Waals surface area contributed by atoms with E-state index in [0.717, 1.165) is 19.3 Å². The monoisotopic (exact) mass is 217 g/mol. The molecule has 1 nitrogen and oxygen atoms in total. The molecule has 0 aliphatic heterocycles. The van der Waals surface area contributed by atoms with Gasteiger partial charge in [-0.1, -0.05) is 19.1 Å². The SMILES string of the molecule is CCc1ccc(SC2(C#N)CCC2)cc1.